The molecule has 8 heteroatoms. The molecule has 0 aliphatic carbocycles. The summed E-state index contributed by atoms with van der Waals surface area (Å²) in [6, 6.07) is 2.70. The van der Waals surface area contributed by atoms with Gasteiger partial charge in [0, 0.05) is 32.4 Å². The summed E-state index contributed by atoms with van der Waals surface area (Å²) >= 11 is 0. The Labute approximate surface area is 146 Å². The van der Waals surface area contributed by atoms with Gasteiger partial charge in [-0.15, -0.1) is 0 Å². The van der Waals surface area contributed by atoms with Crippen molar-refractivity contribution in [2.75, 3.05) is 18.0 Å². The molecule has 2 N–H and O–H groups in total. The number of piperidine rings is 1. The van der Waals surface area contributed by atoms with Gasteiger partial charge in [0.1, 0.15) is 5.69 Å². The highest BCUT2D eigenvalue weighted by Crippen LogP contribution is 2.20. The van der Waals surface area contributed by atoms with Gasteiger partial charge in [-0.1, -0.05) is 6.92 Å². The maximum absolute atomic E-state index is 12.3. The summed E-state index contributed by atoms with van der Waals surface area (Å²) in [4.78, 5) is 33.8. The predicted molar refractivity (Wildman–Crippen MR) is 94.6 cm³/mol. The van der Waals surface area contributed by atoms with Crippen LogP contribution in [0, 0.1) is 5.92 Å². The van der Waals surface area contributed by atoms with E-state index in [-0.39, 0.29) is 17.5 Å². The summed E-state index contributed by atoms with van der Waals surface area (Å²) in [5.41, 5.74) is 0.801. The highest BCUT2D eigenvalue weighted by Gasteiger charge is 2.20. The first kappa shape index (κ1) is 17.2. The Morgan fingerprint density at radius 2 is 2.12 bits per heavy atom. The normalized spacial score (nSPS) is 16.7. The minimum atomic E-state index is -0.382. The van der Waals surface area contributed by atoms with Crippen molar-refractivity contribution in [1.82, 2.24) is 25.1 Å². The number of aryl methyl sites for hydroxylation is 1. The summed E-state index contributed by atoms with van der Waals surface area (Å²) in [6.07, 6.45) is 3.74. The van der Waals surface area contributed by atoms with Crippen LogP contribution in [-0.2, 0) is 7.05 Å². The van der Waals surface area contributed by atoms with Crippen LogP contribution in [0.2, 0.25) is 0 Å². The third-order valence-electron chi connectivity index (χ3n) is 4.68. The second kappa shape index (κ2) is 7.08. The third kappa shape index (κ3) is 3.89. The van der Waals surface area contributed by atoms with E-state index in [1.54, 1.807) is 19.3 Å². The van der Waals surface area contributed by atoms with Gasteiger partial charge >= 0.3 is 0 Å². The third-order valence-corrected chi connectivity index (χ3v) is 4.68. The number of hydrogen-bond acceptors (Lipinski definition) is 5. The van der Waals surface area contributed by atoms with Crippen LogP contribution in [0.1, 0.15) is 48.9 Å². The van der Waals surface area contributed by atoms with Crippen LogP contribution in [0.5, 0.6) is 0 Å². The van der Waals surface area contributed by atoms with Crippen molar-refractivity contribution < 1.29 is 4.79 Å². The number of carbonyl (C=O) groups excluding carboxylic acids is 1. The number of nitrogens with zero attached hydrogens (tertiary/aromatic N) is 4. The van der Waals surface area contributed by atoms with Gasteiger partial charge in [0.2, 0.25) is 5.95 Å². The zero-order valence-corrected chi connectivity index (χ0v) is 14.8. The fourth-order valence-electron chi connectivity index (χ4n) is 3.00. The van der Waals surface area contributed by atoms with Crippen molar-refractivity contribution in [2.45, 2.75) is 32.7 Å². The van der Waals surface area contributed by atoms with Crippen molar-refractivity contribution in [2.24, 2.45) is 13.0 Å². The van der Waals surface area contributed by atoms with Crippen molar-refractivity contribution in [3.63, 3.8) is 0 Å². The molecule has 1 aliphatic heterocycles. The van der Waals surface area contributed by atoms with E-state index in [1.165, 1.54) is 10.7 Å². The molecule has 1 aliphatic rings. The van der Waals surface area contributed by atoms with Crippen molar-refractivity contribution in [1.29, 1.82) is 0 Å². The van der Waals surface area contributed by atoms with Gasteiger partial charge in [0.05, 0.1) is 11.7 Å². The summed E-state index contributed by atoms with van der Waals surface area (Å²) in [5.74, 6) is 1.03. The summed E-state index contributed by atoms with van der Waals surface area (Å²) in [6.45, 7) is 5.81. The molecule has 25 heavy (non-hydrogen) atoms. The van der Waals surface area contributed by atoms with Gasteiger partial charge in [-0.25, -0.2) is 4.98 Å². The molecule has 1 atom stereocenters. The quantitative estimate of drug-likeness (QED) is 0.870. The molecular weight excluding hydrogens is 320 g/mol. The number of aromatic amines is 1. The van der Waals surface area contributed by atoms with Crippen LogP contribution >= 0.6 is 0 Å². The molecule has 3 rings (SSSR count). The van der Waals surface area contributed by atoms with Crippen molar-refractivity contribution in [3.8, 4) is 0 Å². The second-order valence-electron chi connectivity index (χ2n) is 6.70. The molecule has 1 saturated heterocycles. The lowest BCUT2D eigenvalue weighted by atomic mass is 10.00. The minimum absolute atomic E-state index is 0.208. The molecule has 0 saturated carbocycles. The fourth-order valence-corrected chi connectivity index (χ4v) is 3.00. The van der Waals surface area contributed by atoms with Gasteiger partial charge in [-0.2, -0.15) is 5.10 Å². The van der Waals surface area contributed by atoms with E-state index in [0.717, 1.165) is 25.9 Å². The summed E-state index contributed by atoms with van der Waals surface area (Å²) < 4.78 is 1.51. The van der Waals surface area contributed by atoms with Crippen LogP contribution in [0.3, 0.4) is 0 Å². The van der Waals surface area contributed by atoms with E-state index < -0.39 is 0 Å². The maximum Gasteiger partial charge on any atom is 0.270 e. The summed E-state index contributed by atoms with van der Waals surface area (Å²) in [7, 11) is 1.71. The lowest BCUT2D eigenvalue weighted by Crippen LogP contribution is -2.36. The van der Waals surface area contributed by atoms with Gasteiger partial charge in [0.15, 0.2) is 0 Å². The summed E-state index contributed by atoms with van der Waals surface area (Å²) in [5, 5.41) is 6.86. The first-order valence-corrected chi connectivity index (χ1v) is 8.59. The maximum atomic E-state index is 12.3. The van der Waals surface area contributed by atoms with Gasteiger partial charge in [-0.3, -0.25) is 19.3 Å². The highest BCUT2D eigenvalue weighted by molar-refractivity contribution is 5.92. The van der Waals surface area contributed by atoms with E-state index in [2.05, 4.69) is 32.2 Å². The Morgan fingerprint density at radius 1 is 1.40 bits per heavy atom. The molecule has 2 aromatic rings. The van der Waals surface area contributed by atoms with E-state index in [9.17, 15) is 9.59 Å². The zero-order valence-electron chi connectivity index (χ0n) is 14.8. The van der Waals surface area contributed by atoms with Crippen LogP contribution < -0.4 is 15.8 Å². The van der Waals surface area contributed by atoms with E-state index >= 15 is 0 Å². The number of rotatable bonds is 4. The Kier molecular flexibility index (Phi) is 4.87. The van der Waals surface area contributed by atoms with Crippen LogP contribution in [0.15, 0.2) is 23.1 Å². The molecule has 134 valence electrons. The number of carbonyl (C=O) groups is 1. The molecule has 1 unspecified atom stereocenters. The van der Waals surface area contributed by atoms with E-state index in [4.69, 9.17) is 0 Å². The number of anilines is 1. The average Bonchev–Trinajstić information content (AvgIpc) is 3.01. The molecule has 8 nitrogen and oxygen atoms in total. The minimum Gasteiger partial charge on any atom is -0.343 e. The van der Waals surface area contributed by atoms with Crippen LogP contribution in [0.4, 0.5) is 5.95 Å². The topological polar surface area (TPSA) is 95.9 Å². The lowest BCUT2D eigenvalue weighted by Gasteiger charge is -2.31. The molecule has 0 bridgehead atoms. The Hall–Kier alpha value is -2.64. The average molecular weight is 344 g/mol. The molecule has 1 fully saturated rings. The van der Waals surface area contributed by atoms with Crippen LogP contribution in [0.25, 0.3) is 0 Å². The number of amides is 1. The second-order valence-corrected chi connectivity index (χ2v) is 6.70. The molecule has 0 spiro atoms. The van der Waals surface area contributed by atoms with Crippen LogP contribution in [-0.4, -0.2) is 38.7 Å². The monoisotopic (exact) mass is 344 g/mol. The lowest BCUT2D eigenvalue weighted by molar-refractivity contribution is 0.0929. The van der Waals surface area contributed by atoms with Gasteiger partial charge < -0.3 is 10.2 Å². The van der Waals surface area contributed by atoms with Crippen molar-refractivity contribution >= 4 is 11.9 Å². The van der Waals surface area contributed by atoms with E-state index in [1.807, 2.05) is 6.92 Å². The molecule has 0 aromatic carbocycles. The highest BCUT2D eigenvalue weighted by atomic mass is 16.2. The zero-order chi connectivity index (χ0) is 18.0. The Bertz CT molecular complexity index is 803. The molecule has 0 radical (unpaired) electrons. The van der Waals surface area contributed by atoms with Gasteiger partial charge in [-0.05, 0) is 31.7 Å². The standard InChI is InChI=1S/C17H24N6O2/c1-11-5-8-23(9-6-11)17-20-13(10-15(24)21-17)12(2)19-16(25)14-4-7-18-22(14)3/h4,7,10-12H,5-6,8-9H2,1-3H3,(H,19,25)(H,20,21,24). The Morgan fingerprint density at radius 3 is 2.76 bits per heavy atom. The Balaban J connectivity index is 1.76. The first-order valence-electron chi connectivity index (χ1n) is 8.59. The number of aromatic nitrogens is 4. The van der Waals surface area contributed by atoms with E-state index in [0.29, 0.717) is 23.3 Å². The predicted octanol–water partition coefficient (Wildman–Crippen LogP) is 1.23. The molecule has 1 amide bonds. The smallest absolute Gasteiger partial charge is 0.270 e. The molecule has 3 heterocycles. The number of H-pyrrole nitrogens is 1. The van der Waals surface area contributed by atoms with Gasteiger partial charge in [0.25, 0.3) is 11.5 Å². The number of hydrogen-bond donors (Lipinski definition) is 2. The SMILES string of the molecule is CC1CCN(c2nc(C(C)NC(=O)c3ccnn3C)cc(=O)[nH]2)CC1. The number of nitrogens with one attached hydrogen (secondary N) is 2. The first-order chi connectivity index (χ1) is 11.9. The fraction of sp³-hybridized carbons (Fsp3) is 0.529. The van der Waals surface area contributed by atoms with Crippen molar-refractivity contribution in [3.05, 3.63) is 40.1 Å². The molecule has 2 aromatic heterocycles. The molecular formula is C17H24N6O2. The largest absolute Gasteiger partial charge is 0.343 e.